The summed E-state index contributed by atoms with van der Waals surface area (Å²) in [6.45, 7) is 4.92. The summed E-state index contributed by atoms with van der Waals surface area (Å²) in [6, 6.07) is 10.1. The van der Waals surface area contributed by atoms with Crippen molar-refractivity contribution in [1.29, 1.82) is 0 Å². The summed E-state index contributed by atoms with van der Waals surface area (Å²) >= 11 is 0. The molecule has 21 heavy (non-hydrogen) atoms. The lowest BCUT2D eigenvalue weighted by atomic mass is 9.95. The van der Waals surface area contributed by atoms with Crippen molar-refractivity contribution in [3.05, 3.63) is 35.9 Å². The SMILES string of the molecule is CCOCCOCC(=O)N1C[C@@H](N)[C@H](c2ccccc2)C1. The first-order valence-corrected chi connectivity index (χ1v) is 7.46. The number of hydrogen-bond donors (Lipinski definition) is 1. The molecule has 0 radical (unpaired) electrons. The molecule has 116 valence electrons. The fourth-order valence-corrected chi connectivity index (χ4v) is 2.60. The van der Waals surface area contributed by atoms with Gasteiger partial charge in [0.1, 0.15) is 6.61 Å². The number of benzene rings is 1. The number of carbonyl (C=O) groups excluding carboxylic acids is 1. The van der Waals surface area contributed by atoms with Gasteiger partial charge in [0.2, 0.25) is 5.91 Å². The lowest BCUT2D eigenvalue weighted by molar-refractivity contribution is -0.135. The fraction of sp³-hybridized carbons (Fsp3) is 0.562. The maximum absolute atomic E-state index is 12.1. The molecule has 0 bridgehead atoms. The molecular weight excluding hydrogens is 268 g/mol. The number of carbonyl (C=O) groups is 1. The third-order valence-corrected chi connectivity index (χ3v) is 3.75. The maximum atomic E-state index is 12.1. The number of ether oxygens (including phenoxy) is 2. The molecule has 1 aromatic rings. The van der Waals surface area contributed by atoms with Crippen LogP contribution in [0.15, 0.2) is 30.3 Å². The first-order valence-electron chi connectivity index (χ1n) is 7.46. The van der Waals surface area contributed by atoms with E-state index in [-0.39, 0.29) is 24.5 Å². The third-order valence-electron chi connectivity index (χ3n) is 3.75. The van der Waals surface area contributed by atoms with Crippen LogP contribution in [0.4, 0.5) is 0 Å². The highest BCUT2D eigenvalue weighted by molar-refractivity contribution is 5.78. The van der Waals surface area contributed by atoms with E-state index in [0.29, 0.717) is 32.9 Å². The molecule has 1 aliphatic heterocycles. The predicted octanol–water partition coefficient (Wildman–Crippen LogP) is 0.993. The molecular formula is C16H24N2O3. The second-order valence-electron chi connectivity index (χ2n) is 5.23. The summed E-state index contributed by atoms with van der Waals surface area (Å²) < 4.78 is 10.5. The van der Waals surface area contributed by atoms with Crippen molar-refractivity contribution in [2.45, 2.75) is 18.9 Å². The van der Waals surface area contributed by atoms with Crippen LogP contribution in [0.5, 0.6) is 0 Å². The summed E-state index contributed by atoms with van der Waals surface area (Å²) in [5.41, 5.74) is 7.37. The van der Waals surface area contributed by atoms with E-state index in [1.54, 1.807) is 4.90 Å². The molecule has 0 spiro atoms. The van der Waals surface area contributed by atoms with Crippen molar-refractivity contribution in [2.24, 2.45) is 5.73 Å². The topological polar surface area (TPSA) is 64.8 Å². The molecule has 0 aromatic heterocycles. The number of nitrogens with two attached hydrogens (primary N) is 1. The highest BCUT2D eigenvalue weighted by Gasteiger charge is 2.33. The molecule has 1 fully saturated rings. The van der Waals surface area contributed by atoms with Gasteiger partial charge in [0, 0.05) is 31.7 Å². The number of rotatable bonds is 7. The molecule has 1 aliphatic rings. The Hall–Kier alpha value is -1.43. The maximum Gasteiger partial charge on any atom is 0.248 e. The molecule has 5 nitrogen and oxygen atoms in total. The van der Waals surface area contributed by atoms with E-state index in [1.807, 2.05) is 25.1 Å². The van der Waals surface area contributed by atoms with Gasteiger partial charge in [-0.05, 0) is 12.5 Å². The molecule has 2 atom stereocenters. The van der Waals surface area contributed by atoms with Crippen LogP contribution < -0.4 is 5.73 Å². The van der Waals surface area contributed by atoms with Gasteiger partial charge in [0.25, 0.3) is 0 Å². The quantitative estimate of drug-likeness (QED) is 0.761. The Labute approximate surface area is 126 Å². The standard InChI is InChI=1S/C16H24N2O3/c1-2-20-8-9-21-12-16(19)18-10-14(15(17)11-18)13-6-4-3-5-7-13/h3-7,14-15H,2,8-12,17H2,1H3/t14-,15+/m0/s1. The average molecular weight is 292 g/mol. The fourth-order valence-electron chi connectivity index (χ4n) is 2.60. The Morgan fingerprint density at radius 1 is 1.24 bits per heavy atom. The van der Waals surface area contributed by atoms with Gasteiger partial charge in [-0.15, -0.1) is 0 Å². The van der Waals surface area contributed by atoms with E-state index in [4.69, 9.17) is 15.2 Å². The van der Waals surface area contributed by atoms with Gasteiger partial charge in [0.15, 0.2) is 0 Å². The minimum atomic E-state index is -0.0141. The Bertz CT molecular complexity index is 438. The van der Waals surface area contributed by atoms with Crippen LogP contribution in [0.3, 0.4) is 0 Å². The van der Waals surface area contributed by atoms with Gasteiger partial charge in [-0.25, -0.2) is 0 Å². The van der Waals surface area contributed by atoms with E-state index < -0.39 is 0 Å². The van der Waals surface area contributed by atoms with E-state index in [1.165, 1.54) is 5.56 Å². The van der Waals surface area contributed by atoms with Crippen molar-refractivity contribution >= 4 is 5.91 Å². The Balaban J connectivity index is 1.79. The van der Waals surface area contributed by atoms with Gasteiger partial charge >= 0.3 is 0 Å². The van der Waals surface area contributed by atoms with Crippen LogP contribution in [0, 0.1) is 0 Å². The van der Waals surface area contributed by atoms with Crippen LogP contribution in [0.1, 0.15) is 18.4 Å². The number of nitrogens with zero attached hydrogens (tertiary/aromatic N) is 1. The molecule has 0 aliphatic carbocycles. The first-order chi connectivity index (χ1) is 10.2. The summed E-state index contributed by atoms with van der Waals surface area (Å²) in [5, 5.41) is 0. The summed E-state index contributed by atoms with van der Waals surface area (Å²) in [4.78, 5) is 13.9. The Morgan fingerprint density at radius 2 is 1.95 bits per heavy atom. The average Bonchev–Trinajstić information content (AvgIpc) is 2.90. The van der Waals surface area contributed by atoms with Crippen LogP contribution in [0.25, 0.3) is 0 Å². The van der Waals surface area contributed by atoms with Crippen molar-refractivity contribution in [3.63, 3.8) is 0 Å². The highest BCUT2D eigenvalue weighted by Crippen LogP contribution is 2.26. The smallest absolute Gasteiger partial charge is 0.248 e. The normalized spacial score (nSPS) is 21.7. The first kappa shape index (κ1) is 15.9. The minimum absolute atomic E-state index is 0.000351. The lowest BCUT2D eigenvalue weighted by Gasteiger charge is -2.16. The van der Waals surface area contributed by atoms with E-state index in [9.17, 15) is 4.79 Å². The van der Waals surface area contributed by atoms with Gasteiger partial charge in [-0.1, -0.05) is 30.3 Å². The van der Waals surface area contributed by atoms with Crippen molar-refractivity contribution < 1.29 is 14.3 Å². The Kier molecular flexibility index (Phi) is 6.17. The van der Waals surface area contributed by atoms with Crippen LogP contribution >= 0.6 is 0 Å². The van der Waals surface area contributed by atoms with Crippen LogP contribution in [-0.4, -0.2) is 56.4 Å². The van der Waals surface area contributed by atoms with E-state index in [0.717, 1.165) is 0 Å². The van der Waals surface area contributed by atoms with Crippen molar-refractivity contribution in [2.75, 3.05) is 39.5 Å². The lowest BCUT2D eigenvalue weighted by Crippen LogP contribution is -2.34. The minimum Gasteiger partial charge on any atom is -0.379 e. The molecule has 5 heteroatoms. The molecule has 1 aromatic carbocycles. The molecule has 1 saturated heterocycles. The summed E-state index contributed by atoms with van der Waals surface area (Å²) in [7, 11) is 0. The summed E-state index contributed by atoms with van der Waals surface area (Å²) in [6.07, 6.45) is 0. The zero-order valence-electron chi connectivity index (χ0n) is 12.5. The van der Waals surface area contributed by atoms with Crippen molar-refractivity contribution in [3.8, 4) is 0 Å². The van der Waals surface area contributed by atoms with Crippen LogP contribution in [-0.2, 0) is 14.3 Å². The van der Waals surface area contributed by atoms with Gasteiger partial charge in [0.05, 0.1) is 13.2 Å². The number of amides is 1. The second-order valence-corrected chi connectivity index (χ2v) is 5.23. The van der Waals surface area contributed by atoms with Gasteiger partial charge < -0.3 is 20.1 Å². The highest BCUT2D eigenvalue weighted by atomic mass is 16.5. The van der Waals surface area contributed by atoms with E-state index >= 15 is 0 Å². The zero-order chi connectivity index (χ0) is 15.1. The monoisotopic (exact) mass is 292 g/mol. The molecule has 2 N–H and O–H groups in total. The molecule has 1 heterocycles. The van der Waals surface area contributed by atoms with E-state index in [2.05, 4.69) is 12.1 Å². The predicted molar refractivity (Wildman–Crippen MR) is 81.1 cm³/mol. The van der Waals surface area contributed by atoms with Crippen molar-refractivity contribution in [1.82, 2.24) is 4.90 Å². The molecule has 0 saturated carbocycles. The number of hydrogen-bond acceptors (Lipinski definition) is 4. The van der Waals surface area contributed by atoms with Crippen LogP contribution in [0.2, 0.25) is 0 Å². The van der Waals surface area contributed by atoms with Gasteiger partial charge in [-0.2, -0.15) is 0 Å². The molecule has 1 amide bonds. The van der Waals surface area contributed by atoms with Gasteiger partial charge in [-0.3, -0.25) is 4.79 Å². The second kappa shape index (κ2) is 8.12. The molecule has 0 unspecified atom stereocenters. The molecule has 2 rings (SSSR count). The largest absolute Gasteiger partial charge is 0.379 e. The number of likely N-dealkylation sites (tertiary alicyclic amines) is 1. The zero-order valence-corrected chi connectivity index (χ0v) is 12.5. The third kappa shape index (κ3) is 4.52. The summed E-state index contributed by atoms with van der Waals surface area (Å²) in [5.74, 6) is 0.207. The Morgan fingerprint density at radius 3 is 2.67 bits per heavy atom.